The van der Waals surface area contributed by atoms with Gasteiger partial charge >= 0.3 is 0 Å². The Morgan fingerprint density at radius 2 is 1.84 bits per heavy atom. The van der Waals surface area contributed by atoms with Crippen LogP contribution in [-0.4, -0.2) is 65.0 Å². The number of nitrogens with zero attached hydrogens (tertiary/aromatic N) is 6. The molecule has 0 saturated carbocycles. The average Bonchev–Trinajstić information content (AvgIpc) is 2.69. The molecule has 7 nitrogen and oxygen atoms in total. The molecule has 25 heavy (non-hydrogen) atoms. The molecule has 0 aromatic carbocycles. The molecule has 1 fully saturated rings. The van der Waals surface area contributed by atoms with Crippen LogP contribution in [0.25, 0.3) is 0 Å². The van der Waals surface area contributed by atoms with Crippen molar-refractivity contribution in [2.75, 3.05) is 49.1 Å². The summed E-state index contributed by atoms with van der Waals surface area (Å²) in [5.74, 6) is 1.73. The standard InChI is InChI=1S/C18H24N6O/c1-3-22(4-2)17-13-15(20-14-21-17)18(25)24-11-9-23(10-12-24)16-7-5-6-8-19-16/h5-8,13-14H,3-4,9-12H2,1-2H3. The lowest BCUT2D eigenvalue weighted by Crippen LogP contribution is -2.49. The number of aromatic nitrogens is 3. The summed E-state index contributed by atoms with van der Waals surface area (Å²) < 4.78 is 0. The number of carbonyl (C=O) groups is 1. The van der Waals surface area contributed by atoms with Gasteiger partial charge in [-0.05, 0) is 26.0 Å². The molecule has 2 aromatic heterocycles. The molecule has 1 amide bonds. The highest BCUT2D eigenvalue weighted by Crippen LogP contribution is 2.16. The van der Waals surface area contributed by atoms with Gasteiger partial charge in [-0.1, -0.05) is 6.07 Å². The molecule has 0 radical (unpaired) electrons. The molecule has 1 aliphatic heterocycles. The summed E-state index contributed by atoms with van der Waals surface area (Å²) in [7, 11) is 0. The van der Waals surface area contributed by atoms with Gasteiger partial charge in [0.05, 0.1) is 0 Å². The molecule has 0 unspecified atom stereocenters. The third-order valence-corrected chi connectivity index (χ3v) is 4.50. The minimum atomic E-state index is -0.0310. The first-order chi connectivity index (χ1) is 12.2. The van der Waals surface area contributed by atoms with Crippen molar-refractivity contribution in [3.63, 3.8) is 0 Å². The number of anilines is 2. The molecule has 0 bridgehead atoms. The van der Waals surface area contributed by atoms with Crippen LogP contribution in [0.15, 0.2) is 36.8 Å². The average molecular weight is 340 g/mol. The van der Waals surface area contributed by atoms with Gasteiger partial charge in [-0.2, -0.15) is 0 Å². The van der Waals surface area contributed by atoms with Gasteiger partial charge in [-0.25, -0.2) is 15.0 Å². The number of pyridine rings is 1. The van der Waals surface area contributed by atoms with E-state index in [0.717, 1.165) is 37.8 Å². The SMILES string of the molecule is CCN(CC)c1cc(C(=O)N2CCN(c3ccccn3)CC2)ncn1. The quantitative estimate of drug-likeness (QED) is 0.825. The van der Waals surface area contributed by atoms with Gasteiger partial charge < -0.3 is 14.7 Å². The molecule has 7 heteroatoms. The Bertz CT molecular complexity index is 696. The summed E-state index contributed by atoms with van der Waals surface area (Å²) in [6, 6.07) is 7.68. The maximum atomic E-state index is 12.8. The van der Waals surface area contributed by atoms with E-state index in [1.54, 1.807) is 12.3 Å². The molecular weight excluding hydrogens is 316 g/mol. The topological polar surface area (TPSA) is 65.5 Å². The van der Waals surface area contributed by atoms with Crippen molar-refractivity contribution in [1.82, 2.24) is 19.9 Å². The number of piperazine rings is 1. The number of carbonyl (C=O) groups excluding carboxylic acids is 1. The van der Waals surface area contributed by atoms with Crippen molar-refractivity contribution in [3.05, 3.63) is 42.5 Å². The predicted molar refractivity (Wildman–Crippen MR) is 97.9 cm³/mol. The molecule has 132 valence electrons. The first kappa shape index (κ1) is 17.1. The first-order valence-electron chi connectivity index (χ1n) is 8.75. The monoisotopic (exact) mass is 340 g/mol. The summed E-state index contributed by atoms with van der Waals surface area (Å²) >= 11 is 0. The third kappa shape index (κ3) is 3.87. The molecule has 0 aliphatic carbocycles. The highest BCUT2D eigenvalue weighted by Gasteiger charge is 2.24. The fraction of sp³-hybridized carbons (Fsp3) is 0.444. The second-order valence-electron chi connectivity index (χ2n) is 5.90. The number of rotatable bonds is 5. The summed E-state index contributed by atoms with van der Waals surface area (Å²) in [5, 5.41) is 0. The van der Waals surface area contributed by atoms with Crippen LogP contribution in [0.5, 0.6) is 0 Å². The van der Waals surface area contributed by atoms with E-state index in [1.807, 2.05) is 23.1 Å². The lowest BCUT2D eigenvalue weighted by molar-refractivity contribution is 0.0740. The van der Waals surface area contributed by atoms with Crippen LogP contribution in [0.2, 0.25) is 0 Å². The maximum absolute atomic E-state index is 12.8. The minimum absolute atomic E-state index is 0.0310. The lowest BCUT2D eigenvalue weighted by Gasteiger charge is -2.35. The second-order valence-corrected chi connectivity index (χ2v) is 5.90. The van der Waals surface area contributed by atoms with Crippen molar-refractivity contribution in [2.45, 2.75) is 13.8 Å². The first-order valence-corrected chi connectivity index (χ1v) is 8.75. The molecular formula is C18H24N6O. The summed E-state index contributed by atoms with van der Waals surface area (Å²) in [4.78, 5) is 31.8. The van der Waals surface area contributed by atoms with Crippen LogP contribution in [0.4, 0.5) is 11.6 Å². The lowest BCUT2D eigenvalue weighted by atomic mass is 10.2. The van der Waals surface area contributed by atoms with E-state index in [0.29, 0.717) is 18.8 Å². The van der Waals surface area contributed by atoms with E-state index in [1.165, 1.54) is 6.33 Å². The van der Waals surface area contributed by atoms with Crippen molar-refractivity contribution < 1.29 is 4.79 Å². The van der Waals surface area contributed by atoms with Gasteiger partial charge in [0, 0.05) is 51.5 Å². The zero-order valence-corrected chi connectivity index (χ0v) is 14.8. The molecule has 0 atom stereocenters. The van der Waals surface area contributed by atoms with Crippen LogP contribution in [-0.2, 0) is 0 Å². The van der Waals surface area contributed by atoms with Gasteiger partial charge in [0.1, 0.15) is 23.7 Å². The summed E-state index contributed by atoms with van der Waals surface area (Å²) in [6.07, 6.45) is 3.27. The molecule has 0 spiro atoms. The molecule has 0 N–H and O–H groups in total. The zero-order chi connectivity index (χ0) is 17.6. The Morgan fingerprint density at radius 1 is 1.08 bits per heavy atom. The largest absolute Gasteiger partial charge is 0.357 e. The second kappa shape index (κ2) is 7.92. The van der Waals surface area contributed by atoms with E-state index in [4.69, 9.17) is 0 Å². The van der Waals surface area contributed by atoms with E-state index in [9.17, 15) is 4.79 Å². The Kier molecular flexibility index (Phi) is 5.42. The van der Waals surface area contributed by atoms with Crippen LogP contribution in [0.3, 0.4) is 0 Å². The van der Waals surface area contributed by atoms with E-state index in [-0.39, 0.29) is 5.91 Å². The van der Waals surface area contributed by atoms with Gasteiger partial charge in [-0.15, -0.1) is 0 Å². The normalized spacial score (nSPS) is 14.5. The van der Waals surface area contributed by atoms with Crippen molar-refractivity contribution >= 4 is 17.5 Å². The van der Waals surface area contributed by atoms with Crippen LogP contribution in [0.1, 0.15) is 24.3 Å². The van der Waals surface area contributed by atoms with Crippen molar-refractivity contribution in [2.24, 2.45) is 0 Å². The van der Waals surface area contributed by atoms with E-state index >= 15 is 0 Å². The smallest absolute Gasteiger partial charge is 0.272 e. The molecule has 1 aliphatic rings. The molecule has 3 heterocycles. The third-order valence-electron chi connectivity index (χ3n) is 4.50. The van der Waals surface area contributed by atoms with Crippen LogP contribution in [0, 0.1) is 0 Å². The van der Waals surface area contributed by atoms with Gasteiger partial charge in [0.25, 0.3) is 5.91 Å². The highest BCUT2D eigenvalue weighted by atomic mass is 16.2. The Labute approximate surface area is 148 Å². The zero-order valence-electron chi connectivity index (χ0n) is 14.8. The number of amides is 1. The van der Waals surface area contributed by atoms with E-state index < -0.39 is 0 Å². The highest BCUT2D eigenvalue weighted by molar-refractivity contribution is 5.93. The Morgan fingerprint density at radius 3 is 2.48 bits per heavy atom. The Balaban J connectivity index is 1.66. The minimum Gasteiger partial charge on any atom is -0.357 e. The predicted octanol–water partition coefficient (Wildman–Crippen LogP) is 1.68. The van der Waals surface area contributed by atoms with Gasteiger partial charge in [-0.3, -0.25) is 4.79 Å². The van der Waals surface area contributed by atoms with Gasteiger partial charge in [0.15, 0.2) is 0 Å². The van der Waals surface area contributed by atoms with Crippen molar-refractivity contribution in [1.29, 1.82) is 0 Å². The fourth-order valence-electron chi connectivity index (χ4n) is 3.03. The maximum Gasteiger partial charge on any atom is 0.272 e. The van der Waals surface area contributed by atoms with E-state index in [2.05, 4.69) is 38.6 Å². The Hall–Kier alpha value is -2.70. The van der Waals surface area contributed by atoms with Gasteiger partial charge in [0.2, 0.25) is 0 Å². The molecule has 2 aromatic rings. The molecule has 3 rings (SSSR count). The van der Waals surface area contributed by atoms with Crippen molar-refractivity contribution in [3.8, 4) is 0 Å². The van der Waals surface area contributed by atoms with Crippen LogP contribution >= 0.6 is 0 Å². The summed E-state index contributed by atoms with van der Waals surface area (Å²) in [5.41, 5.74) is 0.461. The fourth-order valence-corrected chi connectivity index (χ4v) is 3.03. The van der Waals surface area contributed by atoms with Crippen LogP contribution < -0.4 is 9.80 Å². The summed E-state index contributed by atoms with van der Waals surface area (Å²) in [6.45, 7) is 8.73. The number of hydrogen-bond donors (Lipinski definition) is 0. The molecule has 1 saturated heterocycles. The number of hydrogen-bond acceptors (Lipinski definition) is 6.